The fourth-order valence-corrected chi connectivity index (χ4v) is 9.79. The van der Waals surface area contributed by atoms with Crippen LogP contribution < -0.4 is 0 Å². The van der Waals surface area contributed by atoms with Crippen molar-refractivity contribution in [2.24, 2.45) is 39.9 Å². The summed E-state index contributed by atoms with van der Waals surface area (Å²) >= 11 is 0. The lowest BCUT2D eigenvalue weighted by Gasteiger charge is -2.69. The van der Waals surface area contributed by atoms with E-state index in [-0.39, 0.29) is 40.1 Å². The van der Waals surface area contributed by atoms with Crippen LogP contribution in [0.4, 0.5) is 0 Å². The van der Waals surface area contributed by atoms with E-state index in [1.54, 1.807) is 0 Å². The third-order valence-corrected chi connectivity index (χ3v) is 11.6. The maximum absolute atomic E-state index is 12.6. The molecule has 0 radical (unpaired) electrons. The van der Waals surface area contributed by atoms with Crippen LogP contribution in [0.15, 0.2) is 22.8 Å². The molecule has 6 nitrogen and oxygen atoms in total. The van der Waals surface area contributed by atoms with Crippen LogP contribution in [0.3, 0.4) is 0 Å². The van der Waals surface area contributed by atoms with Gasteiger partial charge in [0.2, 0.25) is 0 Å². The molecule has 0 saturated heterocycles. The lowest BCUT2D eigenvalue weighted by molar-refractivity contribution is -0.234. The Hall–Kier alpha value is -1.66. The molecule has 0 bridgehead atoms. The number of esters is 1. The van der Waals surface area contributed by atoms with Gasteiger partial charge in [0.15, 0.2) is 0 Å². The molecule has 0 heterocycles. The van der Waals surface area contributed by atoms with Gasteiger partial charge in [-0.3, -0.25) is 4.79 Å². The maximum Gasteiger partial charge on any atom is 0.331 e. The monoisotopic (exact) mass is 519 g/mol. The Morgan fingerprint density at radius 1 is 1.03 bits per heavy atom. The quantitative estimate of drug-likeness (QED) is 0.187. The molecule has 6 heteroatoms. The van der Waals surface area contributed by atoms with Gasteiger partial charge in [-0.15, -0.1) is 0 Å². The van der Waals surface area contributed by atoms with Crippen molar-refractivity contribution in [1.82, 2.24) is 0 Å². The predicted octanol–water partition coefficient (Wildman–Crippen LogP) is 5.67. The highest BCUT2D eigenvalue weighted by Crippen LogP contribution is 2.74. The van der Waals surface area contributed by atoms with E-state index in [1.165, 1.54) is 6.92 Å². The van der Waals surface area contributed by atoms with E-state index in [0.717, 1.165) is 36.8 Å². The molecule has 0 spiro atoms. The van der Waals surface area contributed by atoms with Crippen LogP contribution in [0, 0.1) is 39.9 Å². The summed E-state index contributed by atoms with van der Waals surface area (Å²) in [6.07, 6.45) is 6.22. The number of carbonyl (C=O) groups excluding carboxylic acids is 1. The lowest BCUT2D eigenvalue weighted by atomic mass is 9.36. The van der Waals surface area contributed by atoms with Crippen LogP contribution in [0.5, 0.6) is 0 Å². The number of carbonyl (C=O) groups is 2. The van der Waals surface area contributed by atoms with E-state index in [9.17, 15) is 24.9 Å². The number of rotatable bonds is 5. The number of aliphatic hydroxyl groups is 2. The number of hydrogen-bond donors (Lipinski definition) is 3. The van der Waals surface area contributed by atoms with Crippen LogP contribution >= 0.6 is 0 Å². The van der Waals surface area contributed by atoms with Crippen LogP contribution in [0.25, 0.3) is 0 Å². The number of hydrogen-bond acceptors (Lipinski definition) is 5. The standard InChI is InChI=1S/C31H48O6/c1-17(2)9-8-10-20(28(35)36)26-22-15-24(34)27-29(5)13-12-23(33)18(3)21(29)11-14-30(27,6)31(22,7)16-25(26)37-19(4)32/h9,18,21-25,27,33-34H,8,10-16H2,1-7H3,(H,35,36)/b26-20-/t18-,21-,22-,23+,24+,25-,27-,29-,30-,31-/m0/s1/i1+1,2+1,17+1. The van der Waals surface area contributed by atoms with Crippen molar-refractivity contribution in [3.63, 3.8) is 0 Å². The van der Waals surface area contributed by atoms with Crippen molar-refractivity contribution in [3.05, 3.63) is 22.8 Å². The molecular formula is C31H48O6. The number of allylic oxidation sites excluding steroid dienone is 2. The van der Waals surface area contributed by atoms with Gasteiger partial charge in [0.05, 0.1) is 12.2 Å². The van der Waals surface area contributed by atoms with Crippen LogP contribution in [0.1, 0.15) is 99.8 Å². The van der Waals surface area contributed by atoms with Crippen molar-refractivity contribution < 1.29 is 29.6 Å². The summed E-state index contributed by atoms with van der Waals surface area (Å²) in [6, 6.07) is 0. The Morgan fingerprint density at radius 2 is 1.70 bits per heavy atom. The number of aliphatic hydroxyl groups excluding tert-OH is 2. The van der Waals surface area contributed by atoms with E-state index >= 15 is 0 Å². The molecular weight excluding hydrogens is 471 g/mol. The summed E-state index contributed by atoms with van der Waals surface area (Å²) in [5, 5.41) is 32.9. The molecule has 0 aliphatic heterocycles. The highest BCUT2D eigenvalue weighted by atomic mass is 16.5. The number of ether oxygens (including phenoxy) is 1. The third kappa shape index (κ3) is 4.40. The summed E-state index contributed by atoms with van der Waals surface area (Å²) in [4.78, 5) is 24.8. The fraction of sp³-hybridized carbons (Fsp3) is 0.806. The minimum absolute atomic E-state index is 0.0474. The Labute approximate surface area is 222 Å². The second-order valence-corrected chi connectivity index (χ2v) is 13.6. The Kier molecular flexibility index (Phi) is 7.53. The Morgan fingerprint density at radius 3 is 2.30 bits per heavy atom. The van der Waals surface area contributed by atoms with Crippen LogP contribution in [-0.4, -0.2) is 45.6 Å². The van der Waals surface area contributed by atoms with Gasteiger partial charge in [-0.2, -0.15) is 0 Å². The van der Waals surface area contributed by atoms with E-state index in [4.69, 9.17) is 4.74 Å². The zero-order valence-electron chi connectivity index (χ0n) is 23.8. The molecule has 4 saturated carbocycles. The third-order valence-electron chi connectivity index (χ3n) is 11.6. The van der Waals surface area contributed by atoms with Gasteiger partial charge in [-0.25, -0.2) is 4.79 Å². The van der Waals surface area contributed by atoms with Crippen molar-refractivity contribution >= 4 is 11.9 Å². The summed E-state index contributed by atoms with van der Waals surface area (Å²) in [6.45, 7) is 14.5. The van der Waals surface area contributed by atoms with Gasteiger partial charge in [-0.1, -0.05) is 39.3 Å². The van der Waals surface area contributed by atoms with Crippen molar-refractivity contribution in [2.45, 2.75) is 118 Å². The van der Waals surface area contributed by atoms with Crippen molar-refractivity contribution in [1.29, 1.82) is 0 Å². The number of carboxylic acids is 1. The molecule has 3 N–H and O–H groups in total. The second-order valence-electron chi connectivity index (χ2n) is 13.6. The smallest absolute Gasteiger partial charge is 0.331 e. The summed E-state index contributed by atoms with van der Waals surface area (Å²) < 4.78 is 5.87. The second kappa shape index (κ2) is 9.82. The van der Waals surface area contributed by atoms with E-state index in [0.29, 0.717) is 37.2 Å². The molecule has 10 atom stereocenters. The minimum Gasteiger partial charge on any atom is -0.478 e. The minimum atomic E-state index is -0.953. The van der Waals surface area contributed by atoms with E-state index in [1.807, 2.05) is 19.9 Å². The zero-order chi connectivity index (χ0) is 27.5. The average Bonchev–Trinajstić information content (AvgIpc) is 3.05. The molecule has 0 aromatic rings. The summed E-state index contributed by atoms with van der Waals surface area (Å²) in [5.74, 6) is -0.909. The first-order valence-electron chi connectivity index (χ1n) is 14.3. The topological polar surface area (TPSA) is 104 Å². The normalized spacial score (nSPS) is 46.2. The molecule has 4 fully saturated rings. The predicted molar refractivity (Wildman–Crippen MR) is 143 cm³/mol. The van der Waals surface area contributed by atoms with Crippen LogP contribution in [-0.2, 0) is 14.3 Å². The molecule has 0 aromatic heterocycles. The van der Waals surface area contributed by atoms with Gasteiger partial charge >= 0.3 is 11.9 Å². The molecule has 0 unspecified atom stereocenters. The van der Waals surface area contributed by atoms with Gasteiger partial charge in [0.25, 0.3) is 0 Å². The largest absolute Gasteiger partial charge is 0.478 e. The SMILES string of the molecule is CC(=O)O[C@H]1C[C@@]2(C)[C@@H](C[C@@H](O)[C@H]3[C@@]4(C)CC[C@@H](O)[C@@H](C)[C@@H]4CC[C@@]32C)/C1=C(\CCC=[13C]([13CH3])[13CH3])C(=O)O. The van der Waals surface area contributed by atoms with E-state index in [2.05, 4.69) is 27.7 Å². The van der Waals surface area contributed by atoms with Gasteiger partial charge in [0.1, 0.15) is 6.10 Å². The van der Waals surface area contributed by atoms with Gasteiger partial charge < -0.3 is 20.1 Å². The van der Waals surface area contributed by atoms with Gasteiger partial charge in [-0.05, 0) is 111 Å². The molecule has 0 amide bonds. The Balaban J connectivity index is 1.82. The number of aliphatic carboxylic acids is 1. The summed E-state index contributed by atoms with van der Waals surface area (Å²) in [5.41, 5.74) is 1.57. The van der Waals surface area contributed by atoms with E-state index < -0.39 is 24.1 Å². The fourth-order valence-electron chi connectivity index (χ4n) is 9.79. The Bertz CT molecular complexity index is 994. The van der Waals surface area contributed by atoms with Crippen LogP contribution in [0.2, 0.25) is 0 Å². The number of fused-ring (bicyclic) bond motifs is 5. The zero-order valence-corrected chi connectivity index (χ0v) is 23.8. The summed E-state index contributed by atoms with van der Waals surface area (Å²) in [7, 11) is 0. The molecule has 4 aliphatic carbocycles. The van der Waals surface area contributed by atoms with Gasteiger partial charge in [0, 0.05) is 12.5 Å². The highest BCUT2D eigenvalue weighted by molar-refractivity contribution is 5.88. The lowest BCUT2D eigenvalue weighted by Crippen LogP contribution is -2.65. The first-order chi connectivity index (χ1) is 17.2. The number of carboxylic acid groups (broad SMARTS) is 1. The maximum atomic E-state index is 12.6. The van der Waals surface area contributed by atoms with Crippen molar-refractivity contribution in [3.8, 4) is 0 Å². The first-order valence-corrected chi connectivity index (χ1v) is 14.3. The first kappa shape index (κ1) is 28.4. The molecule has 4 rings (SSSR count). The molecule has 208 valence electrons. The molecule has 37 heavy (non-hydrogen) atoms. The molecule has 0 aromatic carbocycles. The van der Waals surface area contributed by atoms with Crippen molar-refractivity contribution in [2.75, 3.05) is 0 Å². The molecule has 4 aliphatic rings. The average molecular weight is 520 g/mol. The highest BCUT2D eigenvalue weighted by Gasteiger charge is 2.70.